The molecule has 2 aromatic rings. The van der Waals surface area contributed by atoms with E-state index in [2.05, 4.69) is 5.32 Å². The summed E-state index contributed by atoms with van der Waals surface area (Å²) >= 11 is 0. The lowest BCUT2D eigenvalue weighted by Gasteiger charge is -2.16. The average molecular weight is 322 g/mol. The van der Waals surface area contributed by atoms with Gasteiger partial charge < -0.3 is 10.1 Å². The van der Waals surface area contributed by atoms with Crippen molar-refractivity contribution in [2.75, 3.05) is 0 Å². The number of hydrogen-bond acceptors (Lipinski definition) is 4. The second-order valence-corrected chi connectivity index (χ2v) is 5.22. The maximum absolute atomic E-state index is 12.2. The first-order valence-corrected chi connectivity index (χ1v) is 7.65. The highest BCUT2D eigenvalue weighted by atomic mass is 16.5. The monoisotopic (exact) mass is 322 g/mol. The number of nitriles is 1. The molecule has 24 heavy (non-hydrogen) atoms. The van der Waals surface area contributed by atoms with Gasteiger partial charge in [-0.2, -0.15) is 5.26 Å². The summed E-state index contributed by atoms with van der Waals surface area (Å²) in [4.78, 5) is 24.3. The molecule has 2 aromatic carbocycles. The minimum absolute atomic E-state index is 0.170. The molecular formula is C19H18N2O3. The van der Waals surface area contributed by atoms with E-state index in [0.29, 0.717) is 17.5 Å². The van der Waals surface area contributed by atoms with Crippen LogP contribution in [0.5, 0.6) is 0 Å². The summed E-state index contributed by atoms with van der Waals surface area (Å²) in [5.74, 6) is -0.841. The molecule has 1 amide bonds. The van der Waals surface area contributed by atoms with Crippen molar-refractivity contribution in [1.82, 2.24) is 5.32 Å². The first kappa shape index (κ1) is 17.2. The number of amides is 1. The van der Waals surface area contributed by atoms with Gasteiger partial charge in [-0.1, -0.05) is 37.3 Å². The van der Waals surface area contributed by atoms with Crippen LogP contribution in [0.3, 0.4) is 0 Å². The van der Waals surface area contributed by atoms with Crippen LogP contribution in [0.15, 0.2) is 54.6 Å². The lowest BCUT2D eigenvalue weighted by Crippen LogP contribution is -2.41. The van der Waals surface area contributed by atoms with Crippen LogP contribution in [0.2, 0.25) is 0 Å². The van der Waals surface area contributed by atoms with Crippen molar-refractivity contribution < 1.29 is 14.3 Å². The van der Waals surface area contributed by atoms with Crippen LogP contribution in [-0.4, -0.2) is 17.9 Å². The van der Waals surface area contributed by atoms with E-state index in [9.17, 15) is 9.59 Å². The van der Waals surface area contributed by atoms with Gasteiger partial charge in [-0.05, 0) is 36.2 Å². The zero-order valence-corrected chi connectivity index (χ0v) is 13.4. The summed E-state index contributed by atoms with van der Waals surface area (Å²) in [6.07, 6.45) is 0.426. The van der Waals surface area contributed by atoms with Crippen molar-refractivity contribution in [1.29, 1.82) is 5.26 Å². The molecule has 0 heterocycles. The summed E-state index contributed by atoms with van der Waals surface area (Å²) < 4.78 is 5.26. The van der Waals surface area contributed by atoms with E-state index < -0.39 is 12.0 Å². The Morgan fingerprint density at radius 1 is 1.12 bits per heavy atom. The van der Waals surface area contributed by atoms with Crippen molar-refractivity contribution in [2.24, 2.45) is 0 Å². The van der Waals surface area contributed by atoms with Crippen LogP contribution in [0.4, 0.5) is 0 Å². The van der Waals surface area contributed by atoms with Gasteiger partial charge in [-0.3, -0.25) is 4.79 Å². The van der Waals surface area contributed by atoms with Crippen molar-refractivity contribution in [3.05, 3.63) is 71.3 Å². The zero-order chi connectivity index (χ0) is 17.4. The minimum Gasteiger partial charge on any atom is -0.459 e. The van der Waals surface area contributed by atoms with Crippen molar-refractivity contribution in [3.8, 4) is 6.07 Å². The van der Waals surface area contributed by atoms with Crippen LogP contribution < -0.4 is 5.32 Å². The first-order valence-electron chi connectivity index (χ1n) is 7.65. The van der Waals surface area contributed by atoms with Crippen molar-refractivity contribution in [2.45, 2.75) is 26.0 Å². The SMILES string of the molecule is CCC(NC(=O)c1ccc(C#N)cc1)C(=O)OCc1ccccc1. The molecule has 5 nitrogen and oxygen atoms in total. The lowest BCUT2D eigenvalue weighted by atomic mass is 10.1. The molecule has 1 unspecified atom stereocenters. The molecule has 0 aromatic heterocycles. The molecule has 1 N–H and O–H groups in total. The van der Waals surface area contributed by atoms with Gasteiger partial charge in [0.15, 0.2) is 0 Å². The third-order valence-electron chi connectivity index (χ3n) is 3.50. The molecule has 0 aliphatic carbocycles. The molecule has 1 atom stereocenters. The molecule has 122 valence electrons. The van der Waals surface area contributed by atoms with Crippen LogP contribution in [0.1, 0.15) is 34.8 Å². The maximum Gasteiger partial charge on any atom is 0.328 e. The standard InChI is InChI=1S/C19H18N2O3/c1-2-17(19(23)24-13-15-6-4-3-5-7-15)21-18(22)16-10-8-14(12-20)9-11-16/h3-11,17H,2,13H2,1H3,(H,21,22). The molecule has 2 rings (SSSR count). The third-order valence-corrected chi connectivity index (χ3v) is 3.50. The van der Waals surface area contributed by atoms with Gasteiger partial charge >= 0.3 is 5.97 Å². The second kappa shape index (κ2) is 8.49. The highest BCUT2D eigenvalue weighted by Crippen LogP contribution is 2.06. The predicted octanol–water partition coefficient (Wildman–Crippen LogP) is 2.81. The van der Waals surface area contributed by atoms with Gasteiger partial charge in [0.2, 0.25) is 0 Å². The fourth-order valence-electron chi connectivity index (χ4n) is 2.09. The Morgan fingerprint density at radius 3 is 2.38 bits per heavy atom. The van der Waals surface area contributed by atoms with Crippen molar-refractivity contribution >= 4 is 11.9 Å². The van der Waals surface area contributed by atoms with Crippen LogP contribution in [0.25, 0.3) is 0 Å². The largest absolute Gasteiger partial charge is 0.459 e. The topological polar surface area (TPSA) is 79.2 Å². The molecule has 5 heteroatoms. The number of benzene rings is 2. The van der Waals surface area contributed by atoms with E-state index in [-0.39, 0.29) is 12.5 Å². The van der Waals surface area contributed by atoms with Crippen LogP contribution in [0, 0.1) is 11.3 Å². The quantitative estimate of drug-likeness (QED) is 0.829. The Kier molecular flexibility index (Phi) is 6.09. The third kappa shape index (κ3) is 4.68. The van der Waals surface area contributed by atoms with Gasteiger partial charge in [0.1, 0.15) is 12.6 Å². The van der Waals surface area contributed by atoms with Gasteiger partial charge in [0.25, 0.3) is 5.91 Å². The summed E-state index contributed by atoms with van der Waals surface area (Å²) in [5, 5.41) is 11.4. The number of hydrogen-bond donors (Lipinski definition) is 1. The molecule has 0 saturated heterocycles. The zero-order valence-electron chi connectivity index (χ0n) is 13.4. The molecule has 0 radical (unpaired) electrons. The molecule has 0 saturated carbocycles. The van der Waals surface area contributed by atoms with Gasteiger partial charge in [0.05, 0.1) is 11.6 Å². The van der Waals surface area contributed by atoms with E-state index in [1.807, 2.05) is 36.4 Å². The molecule has 0 aliphatic heterocycles. The fourth-order valence-corrected chi connectivity index (χ4v) is 2.09. The Morgan fingerprint density at radius 2 is 1.79 bits per heavy atom. The molecule has 0 aliphatic rings. The van der Waals surface area contributed by atoms with E-state index in [4.69, 9.17) is 10.00 Å². The molecule has 0 spiro atoms. The number of nitrogens with zero attached hydrogens (tertiary/aromatic N) is 1. The minimum atomic E-state index is -0.711. The highest BCUT2D eigenvalue weighted by Gasteiger charge is 2.21. The highest BCUT2D eigenvalue weighted by molar-refractivity contribution is 5.96. The maximum atomic E-state index is 12.2. The van der Waals surface area contributed by atoms with Crippen LogP contribution >= 0.6 is 0 Å². The number of carbonyl (C=O) groups excluding carboxylic acids is 2. The summed E-state index contributed by atoms with van der Waals surface area (Å²) in [5.41, 5.74) is 1.75. The summed E-state index contributed by atoms with van der Waals surface area (Å²) in [7, 11) is 0. The Labute approximate surface area is 140 Å². The smallest absolute Gasteiger partial charge is 0.328 e. The molecule has 0 bridgehead atoms. The lowest BCUT2D eigenvalue weighted by molar-refractivity contribution is -0.147. The van der Waals surface area contributed by atoms with E-state index in [1.165, 1.54) is 0 Å². The summed E-state index contributed by atoms with van der Waals surface area (Å²) in [6.45, 7) is 1.97. The first-order chi connectivity index (χ1) is 11.6. The molecule has 0 fully saturated rings. The number of carbonyl (C=O) groups is 2. The Bertz CT molecular complexity index is 733. The number of nitrogens with one attached hydrogen (secondary N) is 1. The van der Waals surface area contributed by atoms with E-state index >= 15 is 0 Å². The second-order valence-electron chi connectivity index (χ2n) is 5.22. The fraction of sp³-hybridized carbons (Fsp3) is 0.211. The predicted molar refractivity (Wildman–Crippen MR) is 88.9 cm³/mol. The van der Waals surface area contributed by atoms with Gasteiger partial charge in [-0.25, -0.2) is 4.79 Å². The Hall–Kier alpha value is -3.13. The average Bonchev–Trinajstić information content (AvgIpc) is 2.64. The van der Waals surface area contributed by atoms with E-state index in [1.54, 1.807) is 31.2 Å². The van der Waals surface area contributed by atoms with E-state index in [0.717, 1.165) is 5.56 Å². The Balaban J connectivity index is 1.93. The van der Waals surface area contributed by atoms with Crippen molar-refractivity contribution in [3.63, 3.8) is 0 Å². The van der Waals surface area contributed by atoms with Gasteiger partial charge in [0, 0.05) is 5.56 Å². The van der Waals surface area contributed by atoms with Crippen LogP contribution in [-0.2, 0) is 16.1 Å². The molecular weight excluding hydrogens is 304 g/mol. The number of ether oxygens (including phenoxy) is 1. The normalized spacial score (nSPS) is 11.2. The number of rotatable bonds is 6. The number of esters is 1. The summed E-state index contributed by atoms with van der Waals surface area (Å²) in [6, 6.07) is 16.9. The van der Waals surface area contributed by atoms with Gasteiger partial charge in [-0.15, -0.1) is 0 Å².